The van der Waals surface area contributed by atoms with Gasteiger partial charge in [-0.15, -0.1) is 35.3 Å². The van der Waals surface area contributed by atoms with E-state index in [1.54, 1.807) is 18.4 Å². The average Bonchev–Trinajstić information content (AvgIpc) is 2.97. The van der Waals surface area contributed by atoms with Crippen molar-refractivity contribution >= 4 is 47.2 Å². The first kappa shape index (κ1) is 21.2. The van der Waals surface area contributed by atoms with Gasteiger partial charge in [0.25, 0.3) is 0 Å². The summed E-state index contributed by atoms with van der Waals surface area (Å²) in [5.41, 5.74) is 0. The minimum absolute atomic E-state index is 0. The van der Waals surface area contributed by atoms with Crippen molar-refractivity contribution in [1.29, 1.82) is 0 Å². The monoisotopic (exact) mass is 438 g/mol. The van der Waals surface area contributed by atoms with Crippen molar-refractivity contribution < 1.29 is 4.79 Å². The molecule has 0 radical (unpaired) electrons. The topological polar surface area (TPSA) is 56.7 Å². The molecule has 0 bridgehead atoms. The van der Waals surface area contributed by atoms with Crippen LogP contribution < -0.4 is 10.6 Å². The zero-order chi connectivity index (χ0) is 15.7. The van der Waals surface area contributed by atoms with Gasteiger partial charge >= 0.3 is 0 Å². The molecule has 0 fully saturated rings. The molecule has 7 heteroatoms. The Balaban J connectivity index is 0.00000441. The predicted molar refractivity (Wildman–Crippen MR) is 105 cm³/mol. The normalized spacial score (nSPS) is 11.0. The molecule has 0 aliphatic rings. The van der Waals surface area contributed by atoms with Crippen LogP contribution in [0.3, 0.4) is 0 Å². The van der Waals surface area contributed by atoms with Crippen LogP contribution in [0.25, 0.3) is 0 Å². The number of hydrogen-bond donors (Lipinski definition) is 2. The number of nitrogens with zero attached hydrogens (tertiary/aromatic N) is 2. The third-order valence-corrected chi connectivity index (χ3v) is 4.01. The van der Waals surface area contributed by atoms with Crippen molar-refractivity contribution in [1.82, 2.24) is 15.5 Å². The minimum Gasteiger partial charge on any atom is -0.354 e. The summed E-state index contributed by atoms with van der Waals surface area (Å²) in [6.07, 6.45) is 1.01. The lowest BCUT2D eigenvalue weighted by Crippen LogP contribution is -2.43. The van der Waals surface area contributed by atoms with E-state index in [1.807, 2.05) is 20.9 Å². The zero-order valence-corrected chi connectivity index (χ0v) is 16.9. The van der Waals surface area contributed by atoms with E-state index in [2.05, 4.69) is 38.0 Å². The van der Waals surface area contributed by atoms with Crippen LogP contribution in [0.5, 0.6) is 0 Å². The number of guanidine groups is 1. The molecule has 1 amide bonds. The second kappa shape index (κ2) is 11.7. The Kier molecular flexibility index (Phi) is 11.3. The number of nitrogens with one attached hydrogen (secondary N) is 2. The molecule has 0 unspecified atom stereocenters. The number of thiophene rings is 1. The lowest BCUT2D eigenvalue weighted by Gasteiger charge is -2.22. The van der Waals surface area contributed by atoms with Gasteiger partial charge in [0.1, 0.15) is 0 Å². The van der Waals surface area contributed by atoms with E-state index in [9.17, 15) is 4.79 Å². The molecule has 1 heterocycles. The molecule has 0 saturated heterocycles. The number of hydrogen-bond acceptors (Lipinski definition) is 3. The number of likely N-dealkylation sites (N-methyl/N-ethyl adjacent to an activating group) is 1. The van der Waals surface area contributed by atoms with Gasteiger partial charge in [-0.25, -0.2) is 0 Å². The van der Waals surface area contributed by atoms with E-state index in [4.69, 9.17) is 0 Å². The lowest BCUT2D eigenvalue weighted by atomic mass is 10.2. The van der Waals surface area contributed by atoms with Crippen molar-refractivity contribution in [3.05, 3.63) is 22.4 Å². The zero-order valence-electron chi connectivity index (χ0n) is 13.8. The second-order valence-electron chi connectivity index (χ2n) is 5.17. The van der Waals surface area contributed by atoms with E-state index in [-0.39, 0.29) is 35.8 Å². The summed E-state index contributed by atoms with van der Waals surface area (Å²) in [6.45, 7) is 5.97. The highest BCUT2D eigenvalue weighted by Crippen LogP contribution is 2.09. The maximum atomic E-state index is 11.4. The quantitative estimate of drug-likeness (QED) is 0.297. The first-order chi connectivity index (χ1) is 10.0. The molecule has 0 aliphatic heterocycles. The largest absolute Gasteiger partial charge is 0.354 e. The number of carbonyl (C=O) groups is 1. The molecule has 0 atom stereocenters. The van der Waals surface area contributed by atoms with Crippen molar-refractivity contribution in [2.24, 2.45) is 10.9 Å². The van der Waals surface area contributed by atoms with Crippen LogP contribution in [-0.4, -0.2) is 50.5 Å². The summed E-state index contributed by atoms with van der Waals surface area (Å²) in [5.74, 6) is 0.959. The van der Waals surface area contributed by atoms with Crippen LogP contribution in [0.2, 0.25) is 0 Å². The van der Waals surface area contributed by atoms with Gasteiger partial charge in [0.2, 0.25) is 5.91 Å². The highest BCUT2D eigenvalue weighted by molar-refractivity contribution is 14.0. The molecule has 0 spiro atoms. The molecule has 1 aromatic heterocycles. The molecular weight excluding hydrogens is 411 g/mol. The van der Waals surface area contributed by atoms with Crippen LogP contribution in [0.4, 0.5) is 0 Å². The van der Waals surface area contributed by atoms with E-state index in [1.165, 1.54) is 4.88 Å². The molecular formula is C15H27IN4OS. The van der Waals surface area contributed by atoms with Crippen LogP contribution in [0, 0.1) is 5.92 Å². The van der Waals surface area contributed by atoms with Crippen LogP contribution in [0.15, 0.2) is 22.5 Å². The third-order valence-electron chi connectivity index (χ3n) is 3.08. The molecule has 22 heavy (non-hydrogen) atoms. The average molecular weight is 438 g/mol. The number of aliphatic imine (C=N–C) groups is 1. The fourth-order valence-electron chi connectivity index (χ4n) is 1.79. The number of halogens is 1. The number of rotatable bonds is 7. The second-order valence-corrected chi connectivity index (χ2v) is 6.20. The van der Waals surface area contributed by atoms with Crippen molar-refractivity contribution in [3.8, 4) is 0 Å². The summed E-state index contributed by atoms with van der Waals surface area (Å²) in [6, 6.07) is 4.22. The third kappa shape index (κ3) is 7.98. The summed E-state index contributed by atoms with van der Waals surface area (Å²) < 4.78 is 0. The van der Waals surface area contributed by atoms with Gasteiger partial charge in [0.05, 0.1) is 0 Å². The Morgan fingerprint density at radius 1 is 1.36 bits per heavy atom. The summed E-state index contributed by atoms with van der Waals surface area (Å²) >= 11 is 1.78. The van der Waals surface area contributed by atoms with Crippen LogP contribution >= 0.6 is 35.3 Å². The summed E-state index contributed by atoms with van der Waals surface area (Å²) in [7, 11) is 3.80. The first-order valence-corrected chi connectivity index (χ1v) is 8.14. The fourth-order valence-corrected chi connectivity index (χ4v) is 2.49. The highest BCUT2D eigenvalue weighted by Gasteiger charge is 2.07. The van der Waals surface area contributed by atoms with Crippen molar-refractivity contribution in [3.63, 3.8) is 0 Å². The Labute approximate surface area is 154 Å². The van der Waals surface area contributed by atoms with Gasteiger partial charge in [-0.1, -0.05) is 19.9 Å². The van der Waals surface area contributed by atoms with E-state index >= 15 is 0 Å². The van der Waals surface area contributed by atoms with Crippen LogP contribution in [-0.2, 0) is 11.2 Å². The van der Waals surface area contributed by atoms with Gasteiger partial charge in [0, 0.05) is 44.5 Å². The number of carbonyl (C=O) groups excluding carboxylic acids is 1. The molecule has 5 nitrogen and oxygen atoms in total. The van der Waals surface area contributed by atoms with Gasteiger partial charge in [-0.05, 0) is 17.9 Å². The Hall–Kier alpha value is -0.830. The lowest BCUT2D eigenvalue weighted by molar-refractivity contribution is -0.123. The molecule has 126 valence electrons. The summed E-state index contributed by atoms with van der Waals surface area (Å²) in [4.78, 5) is 19.2. The van der Waals surface area contributed by atoms with Crippen molar-refractivity contribution in [2.75, 3.05) is 33.7 Å². The predicted octanol–water partition coefficient (Wildman–Crippen LogP) is 2.19. The first-order valence-electron chi connectivity index (χ1n) is 7.26. The maximum absolute atomic E-state index is 11.4. The van der Waals surface area contributed by atoms with Gasteiger partial charge in [0.15, 0.2) is 5.96 Å². The molecule has 0 saturated carbocycles. The Morgan fingerprint density at radius 2 is 2.05 bits per heavy atom. The standard InChI is InChI=1S/C15H26N4OS.HI/c1-12(2)14(20)17-8-9-18-15(16-3)19(4)10-7-13-6-5-11-21-13;/h5-6,11-12H,7-10H2,1-4H3,(H,16,18)(H,17,20);1H. The minimum atomic E-state index is 0. The van der Waals surface area contributed by atoms with Gasteiger partial charge in [-0.3, -0.25) is 9.79 Å². The van der Waals surface area contributed by atoms with Crippen molar-refractivity contribution in [2.45, 2.75) is 20.3 Å². The molecule has 0 aliphatic carbocycles. The van der Waals surface area contributed by atoms with Crippen LogP contribution in [0.1, 0.15) is 18.7 Å². The van der Waals surface area contributed by atoms with E-state index in [0.29, 0.717) is 13.1 Å². The summed E-state index contributed by atoms with van der Waals surface area (Å²) in [5, 5.41) is 8.24. The van der Waals surface area contributed by atoms with E-state index < -0.39 is 0 Å². The highest BCUT2D eigenvalue weighted by atomic mass is 127. The van der Waals surface area contributed by atoms with E-state index in [0.717, 1.165) is 18.9 Å². The Bertz CT molecular complexity index is 448. The molecule has 0 aromatic carbocycles. The van der Waals surface area contributed by atoms with Gasteiger partial charge < -0.3 is 15.5 Å². The molecule has 2 N–H and O–H groups in total. The number of amides is 1. The SMILES string of the molecule is CN=C(NCCNC(=O)C(C)C)N(C)CCc1cccs1.I. The Morgan fingerprint density at radius 3 is 2.59 bits per heavy atom. The maximum Gasteiger partial charge on any atom is 0.222 e. The fraction of sp³-hybridized carbons (Fsp3) is 0.600. The smallest absolute Gasteiger partial charge is 0.222 e. The molecule has 1 rings (SSSR count). The van der Waals surface area contributed by atoms with Gasteiger partial charge in [-0.2, -0.15) is 0 Å². The molecule has 1 aromatic rings.